The standard InChI is InChI=1S/C21H25ClN6/c1-13-8-17-16(20(25-12-24-17)14-4-3-7-27(2)10-14)11-28(13)18-9-19(22)26-21-15(18)5-6-23-21/h5-6,9,12-14H,3-4,7-8,10-11H2,1-2H3,(H,23,26)/t13-,14-/m1/s1. The number of hydrogen-bond acceptors (Lipinski definition) is 5. The van der Waals surface area contributed by atoms with E-state index in [4.69, 9.17) is 16.6 Å². The molecule has 7 heteroatoms. The Bertz CT molecular complexity index is 1020. The Morgan fingerprint density at radius 3 is 3.04 bits per heavy atom. The summed E-state index contributed by atoms with van der Waals surface area (Å²) in [6.07, 6.45) is 7.03. The molecule has 0 bridgehead atoms. The van der Waals surface area contributed by atoms with Crippen LogP contribution in [0, 0.1) is 0 Å². The normalized spacial score (nSPS) is 23.2. The van der Waals surface area contributed by atoms with Gasteiger partial charge in [0.25, 0.3) is 0 Å². The van der Waals surface area contributed by atoms with E-state index in [-0.39, 0.29) is 0 Å². The van der Waals surface area contributed by atoms with Gasteiger partial charge in [-0.3, -0.25) is 0 Å². The number of nitrogens with one attached hydrogen (secondary N) is 1. The number of anilines is 1. The minimum absolute atomic E-state index is 0.334. The number of aromatic amines is 1. The van der Waals surface area contributed by atoms with Crippen LogP contribution in [0.3, 0.4) is 0 Å². The summed E-state index contributed by atoms with van der Waals surface area (Å²) < 4.78 is 0. The third-order valence-electron chi connectivity index (χ3n) is 6.21. The molecule has 6 nitrogen and oxygen atoms in total. The molecule has 0 amide bonds. The molecule has 1 N–H and O–H groups in total. The number of piperidine rings is 1. The Morgan fingerprint density at radius 2 is 2.18 bits per heavy atom. The molecule has 0 aliphatic carbocycles. The van der Waals surface area contributed by atoms with Crippen molar-refractivity contribution in [1.82, 2.24) is 24.8 Å². The van der Waals surface area contributed by atoms with Crippen molar-refractivity contribution in [1.29, 1.82) is 0 Å². The molecule has 0 spiro atoms. The lowest BCUT2D eigenvalue weighted by atomic mass is 9.88. The van der Waals surface area contributed by atoms with Crippen molar-refractivity contribution < 1.29 is 0 Å². The van der Waals surface area contributed by atoms with Crippen molar-refractivity contribution >= 4 is 28.3 Å². The number of halogens is 1. The van der Waals surface area contributed by atoms with Crippen molar-refractivity contribution in [3.8, 4) is 0 Å². The zero-order valence-electron chi connectivity index (χ0n) is 16.3. The predicted molar refractivity (Wildman–Crippen MR) is 112 cm³/mol. The first-order valence-corrected chi connectivity index (χ1v) is 10.4. The van der Waals surface area contributed by atoms with Gasteiger partial charge in [0.1, 0.15) is 17.1 Å². The Labute approximate surface area is 169 Å². The maximum Gasteiger partial charge on any atom is 0.141 e. The average molecular weight is 397 g/mol. The molecule has 1 saturated heterocycles. The molecular formula is C21H25ClN6. The Hall–Kier alpha value is -2.18. The summed E-state index contributed by atoms with van der Waals surface area (Å²) >= 11 is 6.33. The van der Waals surface area contributed by atoms with Gasteiger partial charge >= 0.3 is 0 Å². The second-order valence-corrected chi connectivity index (χ2v) is 8.56. The van der Waals surface area contributed by atoms with E-state index in [9.17, 15) is 0 Å². The van der Waals surface area contributed by atoms with Crippen LogP contribution in [0.15, 0.2) is 24.7 Å². The Balaban J connectivity index is 1.56. The van der Waals surface area contributed by atoms with Crippen LogP contribution in [0.5, 0.6) is 0 Å². The van der Waals surface area contributed by atoms with E-state index in [1.165, 1.54) is 36.3 Å². The van der Waals surface area contributed by atoms with Gasteiger partial charge in [-0.25, -0.2) is 15.0 Å². The van der Waals surface area contributed by atoms with E-state index >= 15 is 0 Å². The summed E-state index contributed by atoms with van der Waals surface area (Å²) in [6, 6.07) is 4.40. The second kappa shape index (κ2) is 7.01. The van der Waals surface area contributed by atoms with Crippen LogP contribution < -0.4 is 4.90 Å². The average Bonchev–Trinajstić information content (AvgIpc) is 3.14. The lowest BCUT2D eigenvalue weighted by Gasteiger charge is -2.38. The highest BCUT2D eigenvalue weighted by Crippen LogP contribution is 2.37. The first kappa shape index (κ1) is 17.9. The molecule has 5 rings (SSSR count). The SMILES string of the molecule is C[C@@H]1Cc2ncnc([C@@H]3CCCN(C)C3)c2CN1c1cc(Cl)nc2[nH]ccc12. The van der Waals surface area contributed by atoms with Gasteiger partial charge in [-0.2, -0.15) is 0 Å². The second-order valence-electron chi connectivity index (χ2n) is 8.17. The topological polar surface area (TPSA) is 60.9 Å². The minimum Gasteiger partial charge on any atom is -0.363 e. The number of rotatable bonds is 2. The van der Waals surface area contributed by atoms with E-state index in [0.29, 0.717) is 17.1 Å². The molecule has 5 heterocycles. The summed E-state index contributed by atoms with van der Waals surface area (Å²) in [5, 5.41) is 1.62. The van der Waals surface area contributed by atoms with Crippen molar-refractivity contribution in [2.45, 2.75) is 44.7 Å². The Morgan fingerprint density at radius 1 is 1.29 bits per heavy atom. The predicted octanol–water partition coefficient (Wildman–Crippen LogP) is 3.77. The summed E-state index contributed by atoms with van der Waals surface area (Å²) in [5.74, 6) is 0.485. The van der Waals surface area contributed by atoms with Crippen molar-refractivity contribution in [3.63, 3.8) is 0 Å². The van der Waals surface area contributed by atoms with Crippen molar-refractivity contribution in [3.05, 3.63) is 46.8 Å². The van der Waals surface area contributed by atoms with Crippen LogP contribution in [0.4, 0.5) is 5.69 Å². The zero-order chi connectivity index (χ0) is 19.3. The lowest BCUT2D eigenvalue weighted by molar-refractivity contribution is 0.247. The molecule has 1 fully saturated rings. The fourth-order valence-electron chi connectivity index (χ4n) is 4.82. The highest BCUT2D eigenvalue weighted by atomic mass is 35.5. The van der Waals surface area contributed by atoms with Gasteiger partial charge in [-0.05, 0) is 45.5 Å². The number of aromatic nitrogens is 4. The highest BCUT2D eigenvalue weighted by Gasteiger charge is 2.31. The molecule has 2 aliphatic rings. The highest BCUT2D eigenvalue weighted by molar-refractivity contribution is 6.30. The molecule has 3 aromatic rings. The molecule has 2 aliphatic heterocycles. The van der Waals surface area contributed by atoms with Gasteiger partial charge in [0.05, 0.1) is 17.1 Å². The maximum atomic E-state index is 6.33. The van der Waals surface area contributed by atoms with E-state index in [2.05, 4.69) is 44.8 Å². The fourth-order valence-corrected chi connectivity index (χ4v) is 5.01. The van der Waals surface area contributed by atoms with E-state index < -0.39 is 0 Å². The van der Waals surface area contributed by atoms with Crippen LogP contribution in [0.2, 0.25) is 5.15 Å². The number of nitrogens with zero attached hydrogens (tertiary/aromatic N) is 5. The first-order chi connectivity index (χ1) is 13.6. The number of likely N-dealkylation sites (tertiary alicyclic amines) is 1. The molecular weight excluding hydrogens is 372 g/mol. The minimum atomic E-state index is 0.334. The number of fused-ring (bicyclic) bond motifs is 2. The largest absolute Gasteiger partial charge is 0.363 e. The smallest absolute Gasteiger partial charge is 0.141 e. The molecule has 146 valence electrons. The van der Waals surface area contributed by atoms with Crippen molar-refractivity contribution in [2.75, 3.05) is 25.0 Å². The molecule has 0 unspecified atom stereocenters. The van der Waals surface area contributed by atoms with Gasteiger partial charge in [-0.15, -0.1) is 0 Å². The van der Waals surface area contributed by atoms with E-state index in [1.807, 2.05) is 12.3 Å². The zero-order valence-corrected chi connectivity index (χ0v) is 17.1. The molecule has 3 aromatic heterocycles. The van der Waals surface area contributed by atoms with Crippen LogP contribution >= 0.6 is 11.6 Å². The van der Waals surface area contributed by atoms with E-state index in [1.54, 1.807) is 6.33 Å². The third kappa shape index (κ3) is 3.05. The van der Waals surface area contributed by atoms with Crippen LogP contribution in [0.1, 0.15) is 42.6 Å². The first-order valence-electron chi connectivity index (χ1n) is 10.0. The molecule has 28 heavy (non-hydrogen) atoms. The number of pyridine rings is 1. The van der Waals surface area contributed by atoms with E-state index in [0.717, 1.165) is 36.2 Å². The van der Waals surface area contributed by atoms with Crippen LogP contribution in [0.25, 0.3) is 11.0 Å². The number of hydrogen-bond donors (Lipinski definition) is 1. The Kier molecular flexibility index (Phi) is 4.48. The summed E-state index contributed by atoms with van der Waals surface area (Å²) in [4.78, 5) is 21.9. The molecule has 0 saturated carbocycles. The lowest BCUT2D eigenvalue weighted by Crippen LogP contribution is -2.40. The van der Waals surface area contributed by atoms with Gasteiger partial charge in [0.15, 0.2) is 0 Å². The third-order valence-corrected chi connectivity index (χ3v) is 6.41. The quantitative estimate of drug-likeness (QED) is 0.668. The van der Waals surface area contributed by atoms with Crippen molar-refractivity contribution in [2.24, 2.45) is 0 Å². The van der Waals surface area contributed by atoms with Crippen LogP contribution in [-0.4, -0.2) is 51.0 Å². The maximum absolute atomic E-state index is 6.33. The summed E-state index contributed by atoms with van der Waals surface area (Å²) in [6.45, 7) is 5.31. The molecule has 2 atom stereocenters. The summed E-state index contributed by atoms with van der Waals surface area (Å²) in [7, 11) is 2.20. The number of H-pyrrole nitrogens is 1. The van der Waals surface area contributed by atoms with Crippen LogP contribution in [-0.2, 0) is 13.0 Å². The molecule has 0 aromatic carbocycles. The molecule has 0 radical (unpaired) electrons. The van der Waals surface area contributed by atoms with Gasteiger partial charge in [-0.1, -0.05) is 11.6 Å². The number of likely N-dealkylation sites (N-methyl/N-ethyl adjacent to an activating group) is 1. The van der Waals surface area contributed by atoms with Gasteiger partial charge < -0.3 is 14.8 Å². The van der Waals surface area contributed by atoms with Gasteiger partial charge in [0.2, 0.25) is 0 Å². The van der Waals surface area contributed by atoms with Gasteiger partial charge in [0, 0.05) is 48.6 Å². The fraction of sp³-hybridized carbons (Fsp3) is 0.476. The summed E-state index contributed by atoms with van der Waals surface area (Å²) in [5.41, 5.74) is 5.70. The monoisotopic (exact) mass is 396 g/mol.